The molecule has 6 nitrogen and oxygen atoms in total. The highest BCUT2D eigenvalue weighted by atomic mass is 32.2. The molecular weight excluding hydrogens is 266 g/mol. The summed E-state index contributed by atoms with van der Waals surface area (Å²) >= 11 is 0. The first-order valence-electron chi connectivity index (χ1n) is 6.21. The van der Waals surface area contributed by atoms with Gasteiger partial charge in [0.15, 0.2) is 0 Å². The second-order valence-corrected chi connectivity index (χ2v) is 6.77. The van der Waals surface area contributed by atoms with Crippen LogP contribution in [0.15, 0.2) is 23.2 Å². The highest BCUT2D eigenvalue weighted by Crippen LogP contribution is 2.23. The Labute approximate surface area is 113 Å². The van der Waals surface area contributed by atoms with Gasteiger partial charge in [0.25, 0.3) is 0 Å². The van der Waals surface area contributed by atoms with E-state index in [2.05, 4.69) is 4.98 Å². The van der Waals surface area contributed by atoms with Crippen molar-refractivity contribution in [2.75, 3.05) is 20.2 Å². The lowest BCUT2D eigenvalue weighted by Crippen LogP contribution is -2.48. The smallest absolute Gasteiger partial charge is 0.244 e. The summed E-state index contributed by atoms with van der Waals surface area (Å²) in [7, 11) is -1.99. The third-order valence-corrected chi connectivity index (χ3v) is 5.34. The van der Waals surface area contributed by atoms with Crippen molar-refractivity contribution in [2.24, 2.45) is 11.7 Å². The van der Waals surface area contributed by atoms with Crippen molar-refractivity contribution in [3.63, 3.8) is 0 Å². The van der Waals surface area contributed by atoms with E-state index in [1.807, 2.05) is 6.92 Å². The van der Waals surface area contributed by atoms with Gasteiger partial charge in [-0.2, -0.15) is 4.31 Å². The number of ether oxygens (including phenoxy) is 1. The van der Waals surface area contributed by atoms with Crippen LogP contribution in [0.5, 0.6) is 5.88 Å². The van der Waals surface area contributed by atoms with Gasteiger partial charge in [-0.05, 0) is 18.4 Å². The molecule has 0 saturated carbocycles. The van der Waals surface area contributed by atoms with Crippen molar-refractivity contribution in [1.29, 1.82) is 0 Å². The molecule has 0 aliphatic carbocycles. The van der Waals surface area contributed by atoms with Crippen molar-refractivity contribution in [1.82, 2.24) is 9.29 Å². The fraction of sp³-hybridized carbons (Fsp3) is 0.583. The molecule has 2 rings (SSSR count). The number of nitrogens with zero attached hydrogens (tertiary/aromatic N) is 2. The molecule has 2 N–H and O–H groups in total. The van der Waals surface area contributed by atoms with Gasteiger partial charge in [0.2, 0.25) is 15.9 Å². The van der Waals surface area contributed by atoms with Crippen LogP contribution in [0.3, 0.4) is 0 Å². The predicted molar refractivity (Wildman–Crippen MR) is 71.3 cm³/mol. The summed E-state index contributed by atoms with van der Waals surface area (Å²) in [6.07, 6.45) is 2.01. The maximum Gasteiger partial charge on any atom is 0.244 e. The van der Waals surface area contributed by atoms with Gasteiger partial charge in [0, 0.05) is 25.2 Å². The average Bonchev–Trinajstić information content (AvgIpc) is 2.41. The standard InChI is InChI=1S/C12H19N3O3S/c1-9-8-15(6-5-11(9)13)19(16,17)10-3-4-12(18-2)14-7-10/h3-4,7,9,11H,5-6,8,13H2,1-2H3. The molecule has 0 spiro atoms. The van der Waals surface area contributed by atoms with Gasteiger partial charge in [-0.3, -0.25) is 0 Å². The first kappa shape index (κ1) is 14.2. The zero-order valence-corrected chi connectivity index (χ0v) is 11.9. The van der Waals surface area contributed by atoms with Crippen LogP contribution in [-0.4, -0.2) is 43.9 Å². The minimum absolute atomic E-state index is 0.0699. The Morgan fingerprint density at radius 2 is 2.21 bits per heavy atom. The van der Waals surface area contributed by atoms with Gasteiger partial charge < -0.3 is 10.5 Å². The SMILES string of the molecule is COc1ccc(S(=O)(=O)N2CCC(N)C(C)C2)cn1. The molecule has 19 heavy (non-hydrogen) atoms. The second kappa shape index (κ2) is 5.44. The number of rotatable bonds is 3. The first-order valence-corrected chi connectivity index (χ1v) is 7.65. The molecule has 2 unspecified atom stereocenters. The summed E-state index contributed by atoms with van der Waals surface area (Å²) in [5.74, 6) is 0.558. The van der Waals surface area contributed by atoms with E-state index in [0.29, 0.717) is 25.4 Å². The van der Waals surface area contributed by atoms with E-state index < -0.39 is 10.0 Å². The fourth-order valence-corrected chi connectivity index (χ4v) is 3.63. The fourth-order valence-electron chi connectivity index (χ4n) is 2.13. The number of sulfonamides is 1. The van der Waals surface area contributed by atoms with Crippen molar-refractivity contribution in [3.8, 4) is 5.88 Å². The van der Waals surface area contributed by atoms with E-state index in [0.717, 1.165) is 0 Å². The number of hydrogen-bond donors (Lipinski definition) is 1. The summed E-state index contributed by atoms with van der Waals surface area (Å²) in [4.78, 5) is 4.13. The van der Waals surface area contributed by atoms with Gasteiger partial charge in [-0.15, -0.1) is 0 Å². The van der Waals surface area contributed by atoms with E-state index in [9.17, 15) is 8.42 Å². The lowest BCUT2D eigenvalue weighted by atomic mass is 9.96. The van der Waals surface area contributed by atoms with Crippen LogP contribution >= 0.6 is 0 Å². The molecule has 2 atom stereocenters. The van der Waals surface area contributed by atoms with E-state index in [-0.39, 0.29) is 16.9 Å². The number of hydrogen-bond acceptors (Lipinski definition) is 5. The molecule has 1 saturated heterocycles. The zero-order chi connectivity index (χ0) is 14.0. The van der Waals surface area contributed by atoms with Gasteiger partial charge in [0.1, 0.15) is 4.90 Å². The van der Waals surface area contributed by atoms with Crippen LogP contribution in [0.2, 0.25) is 0 Å². The normalized spacial score (nSPS) is 25.2. The Kier molecular flexibility index (Phi) is 4.07. The molecule has 0 amide bonds. The molecule has 1 aromatic heterocycles. The van der Waals surface area contributed by atoms with Crippen molar-refractivity contribution < 1.29 is 13.2 Å². The molecule has 1 aliphatic heterocycles. The number of aromatic nitrogens is 1. The number of pyridine rings is 1. The topological polar surface area (TPSA) is 85.5 Å². The summed E-state index contributed by atoms with van der Waals surface area (Å²) in [6.45, 7) is 2.88. The largest absolute Gasteiger partial charge is 0.481 e. The molecule has 1 aromatic rings. The lowest BCUT2D eigenvalue weighted by Gasteiger charge is -2.34. The summed E-state index contributed by atoms with van der Waals surface area (Å²) in [6, 6.07) is 3.13. The Bertz CT molecular complexity index is 530. The lowest BCUT2D eigenvalue weighted by molar-refractivity contribution is 0.250. The zero-order valence-electron chi connectivity index (χ0n) is 11.1. The predicted octanol–water partition coefficient (Wildman–Crippen LogP) is 0.448. The molecule has 0 radical (unpaired) electrons. The van der Waals surface area contributed by atoms with Crippen LogP contribution in [0.25, 0.3) is 0 Å². The van der Waals surface area contributed by atoms with Crippen LogP contribution in [-0.2, 0) is 10.0 Å². The van der Waals surface area contributed by atoms with Crippen molar-refractivity contribution in [2.45, 2.75) is 24.3 Å². The van der Waals surface area contributed by atoms with E-state index in [1.54, 1.807) is 6.07 Å². The average molecular weight is 285 g/mol. The number of nitrogens with two attached hydrogens (primary N) is 1. The van der Waals surface area contributed by atoms with E-state index in [4.69, 9.17) is 10.5 Å². The summed E-state index contributed by atoms with van der Waals surface area (Å²) in [5, 5.41) is 0. The van der Waals surface area contributed by atoms with Crippen LogP contribution < -0.4 is 10.5 Å². The Morgan fingerprint density at radius 3 is 2.74 bits per heavy atom. The summed E-state index contributed by atoms with van der Waals surface area (Å²) < 4.78 is 31.3. The molecule has 106 valence electrons. The van der Waals surface area contributed by atoms with Gasteiger partial charge in [0.05, 0.1) is 13.3 Å². The van der Waals surface area contributed by atoms with Gasteiger partial charge in [-0.25, -0.2) is 13.4 Å². The molecule has 7 heteroatoms. The third-order valence-electron chi connectivity index (χ3n) is 3.49. The van der Waals surface area contributed by atoms with E-state index >= 15 is 0 Å². The molecular formula is C12H19N3O3S. The molecule has 0 bridgehead atoms. The van der Waals surface area contributed by atoms with Gasteiger partial charge >= 0.3 is 0 Å². The highest BCUT2D eigenvalue weighted by molar-refractivity contribution is 7.89. The van der Waals surface area contributed by atoms with Crippen LogP contribution in [0.1, 0.15) is 13.3 Å². The maximum absolute atomic E-state index is 12.4. The maximum atomic E-state index is 12.4. The number of methoxy groups -OCH3 is 1. The van der Waals surface area contributed by atoms with Crippen LogP contribution in [0, 0.1) is 5.92 Å². The Morgan fingerprint density at radius 1 is 1.47 bits per heavy atom. The monoisotopic (exact) mass is 285 g/mol. The number of piperidine rings is 1. The Hall–Kier alpha value is -1.18. The Balaban J connectivity index is 2.21. The first-order chi connectivity index (χ1) is 8.95. The molecule has 1 aliphatic rings. The summed E-state index contributed by atoms with van der Waals surface area (Å²) in [5.41, 5.74) is 5.91. The van der Waals surface area contributed by atoms with Crippen LogP contribution in [0.4, 0.5) is 0 Å². The minimum atomic E-state index is -3.48. The van der Waals surface area contributed by atoms with Gasteiger partial charge in [-0.1, -0.05) is 6.92 Å². The quantitative estimate of drug-likeness (QED) is 0.871. The minimum Gasteiger partial charge on any atom is -0.481 e. The highest BCUT2D eigenvalue weighted by Gasteiger charge is 2.32. The van der Waals surface area contributed by atoms with Crippen molar-refractivity contribution in [3.05, 3.63) is 18.3 Å². The molecule has 1 fully saturated rings. The second-order valence-electron chi connectivity index (χ2n) is 4.83. The van der Waals surface area contributed by atoms with E-state index in [1.165, 1.54) is 23.7 Å². The third kappa shape index (κ3) is 2.88. The molecule has 2 heterocycles. The molecule has 0 aromatic carbocycles. The van der Waals surface area contributed by atoms with Crippen molar-refractivity contribution >= 4 is 10.0 Å².